The molecule has 2 aromatic rings. The van der Waals surface area contributed by atoms with Crippen molar-refractivity contribution in [1.29, 1.82) is 0 Å². The summed E-state index contributed by atoms with van der Waals surface area (Å²) in [4.78, 5) is 0. The van der Waals surface area contributed by atoms with Gasteiger partial charge in [-0.2, -0.15) is 5.10 Å². The van der Waals surface area contributed by atoms with Gasteiger partial charge in [0.1, 0.15) is 5.82 Å². The molecular formula is C11H11ClFN3. The standard InChI is InChI=1S/C11H11ClFN3/c1-16-9(5-6-15-16)11(14)7-3-2-4-8(13)10(7)12/h2-6,11H,14H2,1H3. The number of nitrogens with two attached hydrogens (primary N) is 1. The summed E-state index contributed by atoms with van der Waals surface area (Å²) >= 11 is 5.87. The minimum atomic E-state index is -0.476. The molecule has 1 aromatic heterocycles. The molecule has 1 heterocycles. The van der Waals surface area contributed by atoms with E-state index in [2.05, 4.69) is 5.10 Å². The van der Waals surface area contributed by atoms with Gasteiger partial charge in [-0.3, -0.25) is 4.68 Å². The minimum Gasteiger partial charge on any atom is -0.319 e. The van der Waals surface area contributed by atoms with Gasteiger partial charge in [-0.05, 0) is 17.7 Å². The van der Waals surface area contributed by atoms with E-state index in [1.54, 1.807) is 36.1 Å². The monoisotopic (exact) mass is 239 g/mol. The second kappa shape index (κ2) is 4.23. The Morgan fingerprint density at radius 1 is 1.44 bits per heavy atom. The Hall–Kier alpha value is -1.39. The van der Waals surface area contributed by atoms with Crippen molar-refractivity contribution >= 4 is 11.6 Å². The van der Waals surface area contributed by atoms with E-state index in [1.807, 2.05) is 0 Å². The van der Waals surface area contributed by atoms with Gasteiger partial charge in [-0.25, -0.2) is 4.39 Å². The lowest BCUT2D eigenvalue weighted by Gasteiger charge is -2.14. The summed E-state index contributed by atoms with van der Waals surface area (Å²) in [6, 6.07) is 5.92. The van der Waals surface area contributed by atoms with Crippen LogP contribution in [0.3, 0.4) is 0 Å². The molecular weight excluding hydrogens is 229 g/mol. The first-order valence-electron chi connectivity index (χ1n) is 4.78. The number of aromatic nitrogens is 2. The first kappa shape index (κ1) is 11.1. The van der Waals surface area contributed by atoms with Gasteiger partial charge in [0, 0.05) is 13.2 Å². The molecule has 1 unspecified atom stereocenters. The lowest BCUT2D eigenvalue weighted by Crippen LogP contribution is -2.16. The van der Waals surface area contributed by atoms with Gasteiger partial charge >= 0.3 is 0 Å². The smallest absolute Gasteiger partial charge is 0.142 e. The van der Waals surface area contributed by atoms with Crippen molar-refractivity contribution in [2.75, 3.05) is 0 Å². The summed E-state index contributed by atoms with van der Waals surface area (Å²) in [6.45, 7) is 0. The fourth-order valence-electron chi connectivity index (χ4n) is 1.61. The molecule has 84 valence electrons. The number of rotatable bonds is 2. The Bertz CT molecular complexity index is 510. The summed E-state index contributed by atoms with van der Waals surface area (Å²) in [5.41, 5.74) is 7.36. The van der Waals surface area contributed by atoms with Crippen molar-refractivity contribution in [2.24, 2.45) is 12.8 Å². The number of hydrogen-bond donors (Lipinski definition) is 1. The summed E-state index contributed by atoms with van der Waals surface area (Å²) < 4.78 is 14.9. The molecule has 0 aliphatic rings. The van der Waals surface area contributed by atoms with Gasteiger partial charge in [0.05, 0.1) is 16.8 Å². The number of aryl methyl sites for hydroxylation is 1. The highest BCUT2D eigenvalue weighted by atomic mass is 35.5. The van der Waals surface area contributed by atoms with Gasteiger partial charge in [0.25, 0.3) is 0 Å². The first-order chi connectivity index (χ1) is 7.61. The highest BCUT2D eigenvalue weighted by molar-refractivity contribution is 6.31. The molecule has 0 saturated heterocycles. The molecule has 16 heavy (non-hydrogen) atoms. The van der Waals surface area contributed by atoms with Crippen LogP contribution in [0, 0.1) is 5.82 Å². The van der Waals surface area contributed by atoms with Crippen LogP contribution in [0.25, 0.3) is 0 Å². The summed E-state index contributed by atoms with van der Waals surface area (Å²) in [5, 5.41) is 4.08. The van der Waals surface area contributed by atoms with Crippen LogP contribution < -0.4 is 5.73 Å². The van der Waals surface area contributed by atoms with E-state index in [-0.39, 0.29) is 5.02 Å². The molecule has 3 nitrogen and oxygen atoms in total. The molecule has 1 atom stereocenters. The van der Waals surface area contributed by atoms with E-state index >= 15 is 0 Å². The summed E-state index contributed by atoms with van der Waals surface area (Å²) in [7, 11) is 1.78. The van der Waals surface area contributed by atoms with Gasteiger partial charge in [0.2, 0.25) is 0 Å². The second-order valence-corrected chi connectivity index (χ2v) is 3.88. The van der Waals surface area contributed by atoms with E-state index in [9.17, 15) is 4.39 Å². The van der Waals surface area contributed by atoms with E-state index in [0.717, 1.165) is 5.69 Å². The van der Waals surface area contributed by atoms with Crippen molar-refractivity contribution in [1.82, 2.24) is 9.78 Å². The molecule has 0 saturated carbocycles. The maximum atomic E-state index is 13.3. The first-order valence-corrected chi connectivity index (χ1v) is 5.16. The zero-order valence-corrected chi connectivity index (χ0v) is 9.45. The topological polar surface area (TPSA) is 43.8 Å². The Kier molecular flexibility index (Phi) is 2.94. The predicted octanol–water partition coefficient (Wildman–Crippen LogP) is 2.26. The van der Waals surface area contributed by atoms with E-state index in [4.69, 9.17) is 17.3 Å². The summed E-state index contributed by atoms with van der Waals surface area (Å²) in [5.74, 6) is -0.461. The maximum absolute atomic E-state index is 13.3. The zero-order valence-electron chi connectivity index (χ0n) is 8.69. The van der Waals surface area contributed by atoms with E-state index in [1.165, 1.54) is 6.07 Å². The largest absolute Gasteiger partial charge is 0.319 e. The zero-order chi connectivity index (χ0) is 11.7. The van der Waals surface area contributed by atoms with Crippen LogP contribution >= 0.6 is 11.6 Å². The van der Waals surface area contributed by atoms with Crippen LogP contribution in [0.2, 0.25) is 5.02 Å². The molecule has 0 radical (unpaired) electrons. The molecule has 0 bridgehead atoms. The number of nitrogens with zero attached hydrogens (tertiary/aromatic N) is 2. The van der Waals surface area contributed by atoms with Crippen LogP contribution in [0.15, 0.2) is 30.5 Å². The number of benzene rings is 1. The third kappa shape index (κ3) is 1.81. The molecule has 0 fully saturated rings. The highest BCUT2D eigenvalue weighted by Crippen LogP contribution is 2.27. The molecule has 0 spiro atoms. The van der Waals surface area contributed by atoms with Gasteiger partial charge in [0.15, 0.2) is 0 Å². The fourth-order valence-corrected chi connectivity index (χ4v) is 1.85. The van der Waals surface area contributed by atoms with Crippen LogP contribution in [0.4, 0.5) is 4.39 Å². The van der Waals surface area contributed by atoms with E-state index in [0.29, 0.717) is 5.56 Å². The van der Waals surface area contributed by atoms with Crippen molar-refractivity contribution in [3.8, 4) is 0 Å². The van der Waals surface area contributed by atoms with Crippen LogP contribution in [0.1, 0.15) is 17.3 Å². The normalized spacial score (nSPS) is 12.8. The highest BCUT2D eigenvalue weighted by Gasteiger charge is 2.17. The summed E-state index contributed by atoms with van der Waals surface area (Å²) in [6.07, 6.45) is 1.64. The van der Waals surface area contributed by atoms with E-state index < -0.39 is 11.9 Å². The van der Waals surface area contributed by atoms with Crippen molar-refractivity contribution in [3.63, 3.8) is 0 Å². The average molecular weight is 240 g/mol. The van der Waals surface area contributed by atoms with Gasteiger partial charge in [-0.1, -0.05) is 23.7 Å². The minimum absolute atomic E-state index is 0.0659. The Balaban J connectivity index is 2.46. The Morgan fingerprint density at radius 3 is 2.81 bits per heavy atom. The molecule has 0 aliphatic carbocycles. The molecule has 0 aliphatic heterocycles. The van der Waals surface area contributed by atoms with Gasteiger partial charge < -0.3 is 5.73 Å². The maximum Gasteiger partial charge on any atom is 0.142 e. The quantitative estimate of drug-likeness (QED) is 0.874. The molecule has 1 aromatic carbocycles. The fraction of sp³-hybridized carbons (Fsp3) is 0.182. The molecule has 0 amide bonds. The van der Waals surface area contributed by atoms with Crippen molar-refractivity contribution in [3.05, 3.63) is 52.6 Å². The number of hydrogen-bond acceptors (Lipinski definition) is 2. The van der Waals surface area contributed by atoms with Crippen LogP contribution in [0.5, 0.6) is 0 Å². The third-order valence-electron chi connectivity index (χ3n) is 2.49. The van der Waals surface area contributed by atoms with Crippen LogP contribution in [-0.2, 0) is 7.05 Å². The Morgan fingerprint density at radius 2 is 2.19 bits per heavy atom. The second-order valence-electron chi connectivity index (χ2n) is 3.50. The lowest BCUT2D eigenvalue weighted by atomic mass is 10.0. The molecule has 2 rings (SSSR count). The SMILES string of the molecule is Cn1nccc1C(N)c1cccc(F)c1Cl. The average Bonchev–Trinajstić information content (AvgIpc) is 2.68. The number of halogens is 2. The van der Waals surface area contributed by atoms with Crippen molar-refractivity contribution < 1.29 is 4.39 Å². The lowest BCUT2D eigenvalue weighted by molar-refractivity contribution is 0.620. The third-order valence-corrected chi connectivity index (χ3v) is 2.89. The predicted molar refractivity (Wildman–Crippen MR) is 60.6 cm³/mol. The molecule has 5 heteroatoms. The Labute approximate surface area is 97.6 Å². The van der Waals surface area contributed by atoms with Crippen LogP contribution in [-0.4, -0.2) is 9.78 Å². The van der Waals surface area contributed by atoms with Crippen molar-refractivity contribution in [2.45, 2.75) is 6.04 Å². The van der Waals surface area contributed by atoms with Gasteiger partial charge in [-0.15, -0.1) is 0 Å². The molecule has 2 N–H and O–H groups in total.